The van der Waals surface area contributed by atoms with Crippen LogP contribution in [0.1, 0.15) is 21.5 Å². The van der Waals surface area contributed by atoms with E-state index in [1.807, 2.05) is 0 Å². The second kappa shape index (κ2) is 6.55. The topological polar surface area (TPSA) is 101 Å². The van der Waals surface area contributed by atoms with Crippen LogP contribution in [0.15, 0.2) is 18.2 Å². The molecule has 0 unspecified atom stereocenters. The SMILES string of the molecule is O=C(O)c1ccc2c(c1)CN(C(=O)N(CCO)CCO)C2. The van der Waals surface area contributed by atoms with Crippen LogP contribution in [0.3, 0.4) is 0 Å². The quantitative estimate of drug-likeness (QED) is 0.715. The number of amides is 2. The molecule has 0 atom stereocenters. The van der Waals surface area contributed by atoms with Crippen LogP contribution in [-0.4, -0.2) is 63.4 Å². The van der Waals surface area contributed by atoms with E-state index in [1.54, 1.807) is 17.0 Å². The Bertz CT molecular complexity index is 540. The van der Waals surface area contributed by atoms with Crippen molar-refractivity contribution in [1.29, 1.82) is 0 Å². The number of carbonyl (C=O) groups excluding carboxylic acids is 1. The first-order valence-corrected chi connectivity index (χ1v) is 6.67. The van der Waals surface area contributed by atoms with Crippen LogP contribution in [0.25, 0.3) is 0 Å². The summed E-state index contributed by atoms with van der Waals surface area (Å²) in [6.07, 6.45) is 0. The molecule has 1 aromatic carbocycles. The molecule has 1 aliphatic heterocycles. The predicted molar refractivity (Wildman–Crippen MR) is 73.8 cm³/mol. The van der Waals surface area contributed by atoms with Gasteiger partial charge in [-0.1, -0.05) is 6.07 Å². The van der Waals surface area contributed by atoms with Crippen molar-refractivity contribution in [2.24, 2.45) is 0 Å². The van der Waals surface area contributed by atoms with E-state index in [2.05, 4.69) is 0 Å². The summed E-state index contributed by atoms with van der Waals surface area (Å²) in [4.78, 5) is 26.2. The van der Waals surface area contributed by atoms with Crippen molar-refractivity contribution < 1.29 is 24.9 Å². The maximum Gasteiger partial charge on any atom is 0.335 e. The van der Waals surface area contributed by atoms with Gasteiger partial charge < -0.3 is 25.1 Å². The fraction of sp³-hybridized carbons (Fsp3) is 0.429. The highest BCUT2D eigenvalue weighted by atomic mass is 16.4. The molecule has 7 heteroatoms. The average Bonchev–Trinajstić information content (AvgIpc) is 2.89. The average molecular weight is 294 g/mol. The lowest BCUT2D eigenvalue weighted by atomic mass is 10.1. The summed E-state index contributed by atoms with van der Waals surface area (Å²) in [5, 5.41) is 26.9. The van der Waals surface area contributed by atoms with Gasteiger partial charge in [-0.2, -0.15) is 0 Å². The Hall–Kier alpha value is -2.12. The van der Waals surface area contributed by atoms with Gasteiger partial charge in [0.1, 0.15) is 0 Å². The Balaban J connectivity index is 2.11. The van der Waals surface area contributed by atoms with E-state index in [1.165, 1.54) is 11.0 Å². The number of rotatable bonds is 5. The van der Waals surface area contributed by atoms with E-state index in [0.29, 0.717) is 13.1 Å². The molecule has 3 N–H and O–H groups in total. The van der Waals surface area contributed by atoms with Gasteiger partial charge in [0.25, 0.3) is 0 Å². The molecule has 0 saturated carbocycles. The number of carboxylic acid groups (broad SMARTS) is 1. The Morgan fingerprint density at radius 2 is 1.71 bits per heavy atom. The van der Waals surface area contributed by atoms with E-state index in [9.17, 15) is 9.59 Å². The van der Waals surface area contributed by atoms with Gasteiger partial charge in [0.05, 0.1) is 18.8 Å². The fourth-order valence-electron chi connectivity index (χ4n) is 2.41. The van der Waals surface area contributed by atoms with Gasteiger partial charge in [-0.15, -0.1) is 0 Å². The van der Waals surface area contributed by atoms with Crippen LogP contribution >= 0.6 is 0 Å². The van der Waals surface area contributed by atoms with Crippen molar-refractivity contribution in [3.63, 3.8) is 0 Å². The minimum atomic E-state index is -0.996. The second-order valence-corrected chi connectivity index (χ2v) is 4.86. The van der Waals surface area contributed by atoms with Crippen molar-refractivity contribution in [3.05, 3.63) is 34.9 Å². The molecule has 21 heavy (non-hydrogen) atoms. The minimum absolute atomic E-state index is 0.159. The molecular weight excluding hydrogens is 276 g/mol. The highest BCUT2D eigenvalue weighted by Crippen LogP contribution is 2.24. The van der Waals surface area contributed by atoms with Crippen molar-refractivity contribution in [2.45, 2.75) is 13.1 Å². The molecule has 0 radical (unpaired) electrons. The number of benzene rings is 1. The third-order valence-electron chi connectivity index (χ3n) is 3.46. The molecule has 0 bridgehead atoms. The second-order valence-electron chi connectivity index (χ2n) is 4.86. The summed E-state index contributed by atoms with van der Waals surface area (Å²) in [6, 6.07) is 4.54. The Labute approximate surface area is 122 Å². The van der Waals surface area contributed by atoms with E-state index in [0.717, 1.165) is 11.1 Å². The molecule has 0 saturated heterocycles. The molecule has 0 fully saturated rings. The molecule has 1 aliphatic rings. The lowest BCUT2D eigenvalue weighted by Gasteiger charge is -2.26. The zero-order valence-corrected chi connectivity index (χ0v) is 11.5. The van der Waals surface area contributed by atoms with Crippen molar-refractivity contribution in [2.75, 3.05) is 26.3 Å². The summed E-state index contributed by atoms with van der Waals surface area (Å²) in [7, 11) is 0. The molecular formula is C14H18N2O5. The normalized spacial score (nSPS) is 13.1. The minimum Gasteiger partial charge on any atom is -0.478 e. The molecule has 0 aromatic heterocycles. The molecule has 1 aromatic rings. The molecule has 0 aliphatic carbocycles. The molecule has 1 heterocycles. The first-order chi connectivity index (χ1) is 10.1. The summed E-state index contributed by atoms with van der Waals surface area (Å²) in [6.45, 7) is 0.717. The Morgan fingerprint density at radius 3 is 2.29 bits per heavy atom. The van der Waals surface area contributed by atoms with Gasteiger partial charge in [-0.05, 0) is 23.3 Å². The van der Waals surface area contributed by atoms with Crippen LogP contribution in [-0.2, 0) is 13.1 Å². The number of nitrogens with zero attached hydrogens (tertiary/aromatic N) is 2. The Morgan fingerprint density at radius 1 is 1.10 bits per heavy atom. The van der Waals surface area contributed by atoms with E-state index in [4.69, 9.17) is 15.3 Å². The number of fused-ring (bicyclic) bond motifs is 1. The molecule has 0 spiro atoms. The largest absolute Gasteiger partial charge is 0.478 e. The molecule has 7 nitrogen and oxygen atoms in total. The van der Waals surface area contributed by atoms with E-state index < -0.39 is 5.97 Å². The fourth-order valence-corrected chi connectivity index (χ4v) is 2.41. The summed E-state index contributed by atoms with van der Waals surface area (Å²) in [5.74, 6) is -0.996. The van der Waals surface area contributed by atoms with Gasteiger partial charge in [0.15, 0.2) is 0 Å². The molecule has 2 rings (SSSR count). The molecule has 2 amide bonds. The third-order valence-corrected chi connectivity index (χ3v) is 3.46. The zero-order valence-electron chi connectivity index (χ0n) is 11.5. The van der Waals surface area contributed by atoms with E-state index in [-0.39, 0.29) is 37.9 Å². The first kappa shape index (κ1) is 15.3. The number of urea groups is 1. The van der Waals surface area contributed by atoms with Crippen LogP contribution in [0.5, 0.6) is 0 Å². The van der Waals surface area contributed by atoms with Gasteiger partial charge >= 0.3 is 12.0 Å². The lowest BCUT2D eigenvalue weighted by Crippen LogP contribution is -2.43. The number of aliphatic hydroxyl groups excluding tert-OH is 2. The van der Waals surface area contributed by atoms with Gasteiger partial charge in [0.2, 0.25) is 0 Å². The number of carboxylic acids is 1. The number of aromatic carboxylic acids is 1. The van der Waals surface area contributed by atoms with Gasteiger partial charge in [-0.3, -0.25) is 0 Å². The molecule has 114 valence electrons. The summed E-state index contributed by atoms with van der Waals surface area (Å²) in [5.41, 5.74) is 1.93. The standard InChI is InChI=1S/C14H18N2O5/c17-5-3-15(4-6-18)14(21)16-8-11-2-1-10(13(19)20)7-12(11)9-16/h1-2,7,17-18H,3-6,8-9H2,(H,19,20). The van der Waals surface area contributed by atoms with Gasteiger partial charge in [-0.25, -0.2) is 9.59 Å². The third kappa shape index (κ3) is 3.32. The number of hydrogen-bond donors (Lipinski definition) is 3. The highest BCUT2D eigenvalue weighted by Gasteiger charge is 2.27. The zero-order chi connectivity index (χ0) is 15.4. The Kier molecular flexibility index (Phi) is 4.77. The van der Waals surface area contributed by atoms with Crippen LogP contribution in [0.4, 0.5) is 4.79 Å². The van der Waals surface area contributed by atoms with Crippen LogP contribution in [0.2, 0.25) is 0 Å². The number of aliphatic hydroxyl groups is 2. The predicted octanol–water partition coefficient (Wildman–Crippen LogP) is 0.107. The number of hydrogen-bond acceptors (Lipinski definition) is 4. The first-order valence-electron chi connectivity index (χ1n) is 6.67. The monoisotopic (exact) mass is 294 g/mol. The lowest BCUT2D eigenvalue weighted by molar-refractivity contribution is 0.0696. The highest BCUT2D eigenvalue weighted by molar-refractivity contribution is 5.88. The van der Waals surface area contributed by atoms with Crippen molar-refractivity contribution in [3.8, 4) is 0 Å². The van der Waals surface area contributed by atoms with Gasteiger partial charge in [0, 0.05) is 26.2 Å². The number of carbonyl (C=O) groups is 2. The summed E-state index contributed by atoms with van der Waals surface area (Å²) < 4.78 is 0. The smallest absolute Gasteiger partial charge is 0.335 e. The van der Waals surface area contributed by atoms with E-state index >= 15 is 0 Å². The summed E-state index contributed by atoms with van der Waals surface area (Å²) >= 11 is 0. The van der Waals surface area contributed by atoms with Crippen molar-refractivity contribution >= 4 is 12.0 Å². The maximum absolute atomic E-state index is 12.3. The van der Waals surface area contributed by atoms with Crippen LogP contribution < -0.4 is 0 Å². The maximum atomic E-state index is 12.3. The van der Waals surface area contributed by atoms with Crippen LogP contribution in [0, 0.1) is 0 Å². The van der Waals surface area contributed by atoms with Crippen molar-refractivity contribution in [1.82, 2.24) is 9.80 Å².